The topological polar surface area (TPSA) is 60.8 Å². The summed E-state index contributed by atoms with van der Waals surface area (Å²) in [5.74, 6) is 0. The van der Waals surface area contributed by atoms with E-state index in [1.165, 1.54) is 4.90 Å². The van der Waals surface area contributed by atoms with E-state index in [-0.39, 0.29) is 12.6 Å². The molecule has 0 spiro atoms. The number of carbonyl (C=O) groups is 1. The van der Waals surface area contributed by atoms with E-state index in [2.05, 4.69) is 0 Å². The summed E-state index contributed by atoms with van der Waals surface area (Å²) in [6.07, 6.45) is 0.0665. The van der Waals surface area contributed by atoms with Crippen LogP contribution in [0.2, 0.25) is 0 Å². The van der Waals surface area contributed by atoms with Gasteiger partial charge in [0.05, 0.1) is 12.6 Å². The Labute approximate surface area is 65.4 Å². The average molecular weight is 159 g/mol. The molecule has 0 aliphatic carbocycles. The third-order valence-corrected chi connectivity index (χ3v) is 2.10. The predicted molar refractivity (Wildman–Crippen MR) is 39.4 cm³/mol. The lowest BCUT2D eigenvalue weighted by Crippen LogP contribution is -2.46. The summed E-state index contributed by atoms with van der Waals surface area (Å²) in [6.45, 7) is 2.12. The van der Waals surface area contributed by atoms with E-state index in [0.29, 0.717) is 6.42 Å². The first-order chi connectivity index (χ1) is 5.11. The summed E-state index contributed by atoms with van der Waals surface area (Å²) >= 11 is 0. The van der Waals surface area contributed by atoms with Gasteiger partial charge in [0.2, 0.25) is 0 Å². The monoisotopic (exact) mass is 159 g/mol. The maximum atomic E-state index is 10.5. The largest absolute Gasteiger partial charge is 0.465 e. The molecule has 2 atom stereocenters. The van der Waals surface area contributed by atoms with Gasteiger partial charge in [0.25, 0.3) is 0 Å². The van der Waals surface area contributed by atoms with Gasteiger partial charge in [-0.2, -0.15) is 0 Å². The molecule has 0 aromatic carbocycles. The number of hydrogen-bond donors (Lipinski definition) is 2. The van der Waals surface area contributed by atoms with Crippen molar-refractivity contribution in [3.8, 4) is 0 Å². The Hall–Kier alpha value is -0.770. The van der Waals surface area contributed by atoms with Crippen molar-refractivity contribution in [1.82, 2.24) is 4.90 Å². The van der Waals surface area contributed by atoms with Gasteiger partial charge in [-0.25, -0.2) is 4.79 Å². The fraction of sp³-hybridized carbons (Fsp3) is 0.857. The number of likely N-dealkylation sites (tertiary alicyclic amines) is 1. The first-order valence-corrected chi connectivity index (χ1v) is 3.79. The van der Waals surface area contributed by atoms with E-state index in [0.717, 1.165) is 6.42 Å². The first kappa shape index (κ1) is 8.33. The molecule has 0 bridgehead atoms. The average Bonchev–Trinajstić information content (AvgIpc) is 1.94. The molecule has 0 radical (unpaired) electrons. The van der Waals surface area contributed by atoms with Gasteiger partial charge in [-0.1, -0.05) is 0 Å². The molecular weight excluding hydrogens is 146 g/mol. The molecule has 1 aliphatic rings. The fourth-order valence-electron chi connectivity index (χ4n) is 1.35. The number of hydrogen-bond acceptors (Lipinski definition) is 2. The van der Waals surface area contributed by atoms with Crippen molar-refractivity contribution in [2.24, 2.45) is 0 Å². The molecule has 1 fully saturated rings. The van der Waals surface area contributed by atoms with E-state index in [4.69, 9.17) is 10.2 Å². The highest BCUT2D eigenvalue weighted by atomic mass is 16.4. The van der Waals surface area contributed by atoms with Gasteiger partial charge in [-0.15, -0.1) is 0 Å². The second-order valence-corrected chi connectivity index (χ2v) is 3.02. The van der Waals surface area contributed by atoms with Gasteiger partial charge >= 0.3 is 6.09 Å². The Kier molecular flexibility index (Phi) is 2.34. The Morgan fingerprint density at radius 2 is 2.18 bits per heavy atom. The van der Waals surface area contributed by atoms with Crippen molar-refractivity contribution in [3.05, 3.63) is 0 Å². The summed E-state index contributed by atoms with van der Waals surface area (Å²) in [4.78, 5) is 11.8. The zero-order chi connectivity index (χ0) is 8.43. The van der Waals surface area contributed by atoms with Gasteiger partial charge in [0.15, 0.2) is 0 Å². The number of nitrogens with zero attached hydrogens (tertiary/aromatic N) is 1. The molecule has 4 nitrogen and oxygen atoms in total. The molecule has 1 rings (SSSR count). The summed E-state index contributed by atoms with van der Waals surface area (Å²) in [5.41, 5.74) is 0. The van der Waals surface area contributed by atoms with Crippen molar-refractivity contribution in [3.63, 3.8) is 0 Å². The van der Waals surface area contributed by atoms with Crippen LogP contribution in [0.15, 0.2) is 0 Å². The minimum atomic E-state index is -0.934. The summed E-state index contributed by atoms with van der Waals surface area (Å²) in [6, 6.07) is 0.0518. The molecule has 1 unspecified atom stereocenters. The van der Waals surface area contributed by atoms with Crippen LogP contribution in [0.5, 0.6) is 0 Å². The number of rotatable bonds is 0. The molecule has 1 heterocycles. The number of carboxylic acid groups (broad SMARTS) is 1. The quantitative estimate of drug-likeness (QED) is 0.541. The lowest BCUT2D eigenvalue weighted by Gasteiger charge is -2.33. The Morgan fingerprint density at radius 1 is 1.55 bits per heavy atom. The molecule has 0 aromatic heterocycles. The Balaban J connectivity index is 2.54. The van der Waals surface area contributed by atoms with Crippen LogP contribution in [0, 0.1) is 0 Å². The number of β-amino-alcohol motifs (C(OH)–C–C–N with tert-alkyl or cyclic N) is 1. The molecule has 4 heteroatoms. The third-order valence-electron chi connectivity index (χ3n) is 2.10. The highest BCUT2D eigenvalue weighted by Gasteiger charge is 2.27. The highest BCUT2D eigenvalue weighted by molar-refractivity contribution is 5.65. The molecule has 11 heavy (non-hydrogen) atoms. The lowest BCUT2D eigenvalue weighted by atomic mass is 10.0. The minimum Gasteiger partial charge on any atom is -0.465 e. The maximum Gasteiger partial charge on any atom is 0.407 e. The predicted octanol–water partition coefficient (Wildman–Crippen LogP) is 0.510. The van der Waals surface area contributed by atoms with Crippen molar-refractivity contribution in [2.75, 3.05) is 6.54 Å². The van der Waals surface area contributed by atoms with Gasteiger partial charge in [-0.05, 0) is 19.8 Å². The summed E-state index contributed by atoms with van der Waals surface area (Å²) in [7, 11) is 0. The van der Waals surface area contributed by atoms with Gasteiger partial charge in [-0.3, -0.25) is 0 Å². The standard InChI is InChI=1S/C7H13NO3/c1-5-2-3-6(9)4-8(5)7(10)11/h5-6,9H,2-4H2,1H3,(H,10,11)/t5-,6?/m1/s1. The number of amides is 1. The molecule has 0 aromatic rings. The zero-order valence-corrected chi connectivity index (χ0v) is 6.53. The van der Waals surface area contributed by atoms with Crippen LogP contribution in [0.1, 0.15) is 19.8 Å². The molecular formula is C7H13NO3. The van der Waals surface area contributed by atoms with Crippen LogP contribution in [-0.4, -0.2) is 39.9 Å². The van der Waals surface area contributed by atoms with E-state index in [9.17, 15) is 4.79 Å². The highest BCUT2D eigenvalue weighted by Crippen LogP contribution is 2.16. The smallest absolute Gasteiger partial charge is 0.407 e. The Morgan fingerprint density at radius 3 is 2.64 bits per heavy atom. The van der Waals surface area contributed by atoms with Crippen LogP contribution in [-0.2, 0) is 0 Å². The summed E-state index contributed by atoms with van der Waals surface area (Å²) in [5, 5.41) is 17.8. The molecule has 2 N–H and O–H groups in total. The van der Waals surface area contributed by atoms with Crippen LogP contribution in [0.3, 0.4) is 0 Å². The SMILES string of the molecule is C[C@@H]1CCC(O)CN1C(=O)O. The van der Waals surface area contributed by atoms with E-state index in [1.54, 1.807) is 0 Å². The summed E-state index contributed by atoms with van der Waals surface area (Å²) < 4.78 is 0. The molecule has 1 saturated heterocycles. The van der Waals surface area contributed by atoms with E-state index < -0.39 is 12.2 Å². The van der Waals surface area contributed by atoms with Gasteiger partial charge in [0.1, 0.15) is 0 Å². The normalized spacial score (nSPS) is 32.0. The second-order valence-electron chi connectivity index (χ2n) is 3.02. The minimum absolute atomic E-state index is 0.0518. The van der Waals surface area contributed by atoms with Crippen LogP contribution < -0.4 is 0 Å². The molecule has 1 amide bonds. The Bertz CT molecular complexity index is 160. The number of piperidine rings is 1. The van der Waals surface area contributed by atoms with Crippen LogP contribution in [0.4, 0.5) is 4.79 Å². The lowest BCUT2D eigenvalue weighted by molar-refractivity contribution is 0.0420. The number of aliphatic hydroxyl groups excluding tert-OH is 1. The van der Waals surface area contributed by atoms with Crippen LogP contribution >= 0.6 is 0 Å². The van der Waals surface area contributed by atoms with Crippen molar-refractivity contribution >= 4 is 6.09 Å². The number of aliphatic hydroxyl groups is 1. The maximum absolute atomic E-state index is 10.5. The first-order valence-electron chi connectivity index (χ1n) is 3.79. The fourth-order valence-corrected chi connectivity index (χ4v) is 1.35. The third kappa shape index (κ3) is 1.83. The van der Waals surface area contributed by atoms with Gasteiger partial charge in [0, 0.05) is 6.04 Å². The van der Waals surface area contributed by atoms with Crippen LogP contribution in [0.25, 0.3) is 0 Å². The van der Waals surface area contributed by atoms with Crippen molar-refractivity contribution < 1.29 is 15.0 Å². The van der Waals surface area contributed by atoms with Crippen molar-refractivity contribution in [2.45, 2.75) is 31.9 Å². The van der Waals surface area contributed by atoms with E-state index >= 15 is 0 Å². The molecule has 0 saturated carbocycles. The van der Waals surface area contributed by atoms with E-state index in [1.807, 2.05) is 6.92 Å². The van der Waals surface area contributed by atoms with Crippen molar-refractivity contribution in [1.29, 1.82) is 0 Å². The second kappa shape index (κ2) is 3.09. The molecule has 1 aliphatic heterocycles. The zero-order valence-electron chi connectivity index (χ0n) is 6.53. The van der Waals surface area contributed by atoms with Gasteiger partial charge < -0.3 is 15.1 Å². The molecule has 64 valence electrons.